The highest BCUT2D eigenvalue weighted by Gasteiger charge is 2.27. The average molecular weight is 408 g/mol. The van der Waals surface area contributed by atoms with Crippen LogP contribution in [-0.2, 0) is 11.3 Å². The molecule has 1 saturated heterocycles. The minimum absolute atomic E-state index is 0.0274. The second-order valence-corrected chi connectivity index (χ2v) is 7.41. The molecule has 0 saturated carbocycles. The summed E-state index contributed by atoms with van der Waals surface area (Å²) in [6, 6.07) is 12.4. The number of rotatable bonds is 5. The molecule has 3 aromatic rings. The quantitative estimate of drug-likeness (QED) is 0.695. The Morgan fingerprint density at radius 2 is 1.80 bits per heavy atom. The summed E-state index contributed by atoms with van der Waals surface area (Å²) >= 11 is 0. The molecule has 0 aliphatic carbocycles. The molecule has 4 rings (SSSR count). The first kappa shape index (κ1) is 19.9. The number of piperidine rings is 1. The topological polar surface area (TPSA) is 58.1 Å². The van der Waals surface area contributed by atoms with Crippen LogP contribution in [0.2, 0.25) is 0 Å². The number of nitrogens with zero attached hydrogens (tertiary/aromatic N) is 3. The fourth-order valence-electron chi connectivity index (χ4n) is 3.61. The number of amides is 1. The highest BCUT2D eigenvalue weighted by molar-refractivity contribution is 5.79. The van der Waals surface area contributed by atoms with Gasteiger partial charge in [0, 0.05) is 37.6 Å². The summed E-state index contributed by atoms with van der Waals surface area (Å²) in [5, 5.41) is 2.93. The van der Waals surface area contributed by atoms with Crippen LogP contribution in [-0.4, -0.2) is 29.0 Å². The van der Waals surface area contributed by atoms with E-state index >= 15 is 0 Å². The zero-order chi connectivity index (χ0) is 20.9. The fraction of sp³-hybridized carbons (Fsp3) is 0.261. The second-order valence-electron chi connectivity index (χ2n) is 7.41. The Bertz CT molecular complexity index is 1010. The predicted molar refractivity (Wildman–Crippen MR) is 111 cm³/mol. The van der Waals surface area contributed by atoms with Crippen molar-refractivity contribution in [2.75, 3.05) is 18.0 Å². The maximum atomic E-state index is 13.4. The summed E-state index contributed by atoms with van der Waals surface area (Å²) in [7, 11) is 0. The van der Waals surface area contributed by atoms with Gasteiger partial charge in [0.05, 0.1) is 5.92 Å². The first-order valence-corrected chi connectivity index (χ1v) is 9.93. The van der Waals surface area contributed by atoms with E-state index in [-0.39, 0.29) is 23.5 Å². The summed E-state index contributed by atoms with van der Waals surface area (Å²) in [6.07, 6.45) is 5.02. The molecule has 1 atom stereocenters. The molecule has 1 N–H and O–H groups in total. The molecule has 1 aliphatic rings. The van der Waals surface area contributed by atoms with E-state index in [4.69, 9.17) is 0 Å². The van der Waals surface area contributed by atoms with Crippen molar-refractivity contribution in [3.63, 3.8) is 0 Å². The molecule has 2 heterocycles. The van der Waals surface area contributed by atoms with Crippen LogP contribution >= 0.6 is 0 Å². The zero-order valence-electron chi connectivity index (χ0n) is 16.4. The molecule has 5 nitrogen and oxygen atoms in total. The summed E-state index contributed by atoms with van der Waals surface area (Å²) in [5.41, 5.74) is 2.32. The van der Waals surface area contributed by atoms with E-state index in [2.05, 4.69) is 15.3 Å². The Morgan fingerprint density at radius 1 is 1.03 bits per heavy atom. The lowest BCUT2D eigenvalue weighted by atomic mass is 9.97. The molecule has 154 valence electrons. The molecule has 1 fully saturated rings. The lowest BCUT2D eigenvalue weighted by molar-refractivity contribution is -0.125. The third-order valence-electron chi connectivity index (χ3n) is 5.25. The monoisotopic (exact) mass is 408 g/mol. The molecule has 0 radical (unpaired) electrons. The molecule has 30 heavy (non-hydrogen) atoms. The number of hydrogen-bond acceptors (Lipinski definition) is 4. The van der Waals surface area contributed by atoms with Crippen LogP contribution in [0.5, 0.6) is 0 Å². The van der Waals surface area contributed by atoms with E-state index in [1.54, 1.807) is 30.6 Å². The van der Waals surface area contributed by atoms with Gasteiger partial charge in [-0.2, -0.15) is 0 Å². The van der Waals surface area contributed by atoms with Gasteiger partial charge in [-0.1, -0.05) is 24.3 Å². The number of carbonyl (C=O) groups excluding carboxylic acids is 1. The van der Waals surface area contributed by atoms with Gasteiger partial charge < -0.3 is 10.2 Å². The third-order valence-corrected chi connectivity index (χ3v) is 5.25. The lowest BCUT2D eigenvalue weighted by Gasteiger charge is -2.32. The molecule has 0 spiro atoms. The Balaban J connectivity index is 1.37. The standard InChI is InChI=1S/C23H22F2N4O/c24-20-8-6-16(7-9-20)12-26-22(30)18-4-2-10-29(15-18)23-27-13-19(14-28-23)17-3-1-5-21(25)11-17/h1,3,5-9,11,13-14,18H,2,4,10,12,15H2,(H,26,30)/t18-/m0/s1. The van der Waals surface area contributed by atoms with E-state index < -0.39 is 0 Å². The number of benzene rings is 2. The van der Waals surface area contributed by atoms with Crippen molar-refractivity contribution in [2.45, 2.75) is 19.4 Å². The van der Waals surface area contributed by atoms with Gasteiger partial charge >= 0.3 is 0 Å². The van der Waals surface area contributed by atoms with Crippen molar-refractivity contribution in [3.8, 4) is 11.1 Å². The number of anilines is 1. The first-order valence-electron chi connectivity index (χ1n) is 9.93. The fourth-order valence-corrected chi connectivity index (χ4v) is 3.61. The minimum Gasteiger partial charge on any atom is -0.352 e. The Hall–Kier alpha value is -3.35. The summed E-state index contributed by atoms with van der Waals surface area (Å²) in [5.74, 6) is -0.226. The summed E-state index contributed by atoms with van der Waals surface area (Å²) < 4.78 is 26.4. The number of nitrogens with one attached hydrogen (secondary N) is 1. The molecule has 0 unspecified atom stereocenters. The van der Waals surface area contributed by atoms with Gasteiger partial charge in [0.15, 0.2) is 0 Å². The van der Waals surface area contributed by atoms with Crippen molar-refractivity contribution in [1.82, 2.24) is 15.3 Å². The highest BCUT2D eigenvalue weighted by atomic mass is 19.1. The molecule has 1 aromatic heterocycles. The summed E-state index contributed by atoms with van der Waals surface area (Å²) in [6.45, 7) is 1.68. The van der Waals surface area contributed by atoms with E-state index in [0.717, 1.165) is 36.1 Å². The SMILES string of the molecule is O=C(NCc1ccc(F)cc1)[C@H]1CCCN(c2ncc(-c3cccc(F)c3)cn2)C1. The van der Waals surface area contributed by atoms with Gasteiger partial charge in [0.25, 0.3) is 0 Å². The van der Waals surface area contributed by atoms with Crippen molar-refractivity contribution in [3.05, 3.63) is 78.1 Å². The molecule has 1 aliphatic heterocycles. The van der Waals surface area contributed by atoms with Gasteiger partial charge in [-0.25, -0.2) is 18.7 Å². The number of halogens is 2. The molecular formula is C23H22F2N4O. The maximum Gasteiger partial charge on any atom is 0.225 e. The predicted octanol–water partition coefficient (Wildman–Crippen LogP) is 3.95. The van der Waals surface area contributed by atoms with Gasteiger partial charge in [0.2, 0.25) is 11.9 Å². The van der Waals surface area contributed by atoms with Gasteiger partial charge in [-0.3, -0.25) is 4.79 Å². The Kier molecular flexibility index (Phi) is 5.97. The summed E-state index contributed by atoms with van der Waals surface area (Å²) in [4.78, 5) is 23.5. The van der Waals surface area contributed by atoms with Crippen molar-refractivity contribution in [1.29, 1.82) is 0 Å². The van der Waals surface area contributed by atoms with Crippen molar-refractivity contribution >= 4 is 11.9 Å². The molecule has 0 bridgehead atoms. The van der Waals surface area contributed by atoms with Crippen LogP contribution in [0.25, 0.3) is 11.1 Å². The average Bonchev–Trinajstić information content (AvgIpc) is 2.79. The lowest BCUT2D eigenvalue weighted by Crippen LogP contribution is -2.43. The smallest absolute Gasteiger partial charge is 0.225 e. The van der Waals surface area contributed by atoms with Crippen LogP contribution in [0, 0.1) is 17.6 Å². The van der Waals surface area contributed by atoms with Gasteiger partial charge in [-0.15, -0.1) is 0 Å². The van der Waals surface area contributed by atoms with Gasteiger partial charge in [-0.05, 0) is 48.2 Å². The molecule has 1 amide bonds. The number of aromatic nitrogens is 2. The van der Waals surface area contributed by atoms with Crippen LogP contribution in [0.15, 0.2) is 60.9 Å². The number of carbonyl (C=O) groups is 1. The van der Waals surface area contributed by atoms with Crippen molar-refractivity contribution in [2.24, 2.45) is 5.92 Å². The Labute approximate surface area is 173 Å². The van der Waals surface area contributed by atoms with Crippen LogP contribution in [0.3, 0.4) is 0 Å². The van der Waals surface area contributed by atoms with Crippen molar-refractivity contribution < 1.29 is 13.6 Å². The molecule has 7 heteroatoms. The minimum atomic E-state index is -0.304. The van der Waals surface area contributed by atoms with Crippen LogP contribution < -0.4 is 10.2 Å². The third kappa shape index (κ3) is 4.79. The molecular weight excluding hydrogens is 386 g/mol. The van der Waals surface area contributed by atoms with E-state index in [1.165, 1.54) is 24.3 Å². The highest BCUT2D eigenvalue weighted by Crippen LogP contribution is 2.23. The van der Waals surface area contributed by atoms with Gasteiger partial charge in [0.1, 0.15) is 11.6 Å². The van der Waals surface area contributed by atoms with E-state index in [9.17, 15) is 13.6 Å². The largest absolute Gasteiger partial charge is 0.352 e. The van der Waals surface area contributed by atoms with E-state index in [1.807, 2.05) is 11.0 Å². The number of hydrogen-bond donors (Lipinski definition) is 1. The van der Waals surface area contributed by atoms with Crippen LogP contribution in [0.1, 0.15) is 18.4 Å². The normalized spacial score (nSPS) is 16.3. The Morgan fingerprint density at radius 3 is 2.53 bits per heavy atom. The first-order chi connectivity index (χ1) is 14.6. The zero-order valence-corrected chi connectivity index (χ0v) is 16.4. The van der Waals surface area contributed by atoms with E-state index in [0.29, 0.717) is 19.0 Å². The second kappa shape index (κ2) is 8.98. The van der Waals surface area contributed by atoms with Crippen LogP contribution in [0.4, 0.5) is 14.7 Å². The maximum absolute atomic E-state index is 13.4. The molecule has 2 aromatic carbocycles.